The summed E-state index contributed by atoms with van der Waals surface area (Å²) in [5, 5.41) is -0.0413. The molecule has 4 nitrogen and oxygen atoms in total. The fourth-order valence-corrected chi connectivity index (χ4v) is 3.62. The quantitative estimate of drug-likeness (QED) is 0.817. The number of nitrogens with zero attached hydrogens (tertiary/aromatic N) is 1. The van der Waals surface area contributed by atoms with Crippen LogP contribution in [0.25, 0.3) is 0 Å². The Morgan fingerprint density at radius 2 is 1.95 bits per heavy atom. The van der Waals surface area contributed by atoms with E-state index >= 15 is 0 Å². The van der Waals surface area contributed by atoms with E-state index < -0.39 is 10.0 Å². The number of rotatable bonds is 5. The van der Waals surface area contributed by atoms with E-state index in [0.29, 0.717) is 17.4 Å². The Morgan fingerprint density at radius 3 is 2.65 bits per heavy atom. The van der Waals surface area contributed by atoms with Crippen LogP contribution in [0.4, 0.5) is 0 Å². The maximum Gasteiger partial charge on any atom is 0.243 e. The molecule has 1 N–H and O–H groups in total. The molecule has 106 valence electrons. The first-order valence-corrected chi connectivity index (χ1v) is 8.49. The van der Waals surface area contributed by atoms with Gasteiger partial charge in [-0.05, 0) is 34.0 Å². The van der Waals surface area contributed by atoms with Gasteiger partial charge in [-0.25, -0.2) is 18.1 Å². The van der Waals surface area contributed by atoms with Crippen molar-refractivity contribution in [2.24, 2.45) is 0 Å². The number of aromatic nitrogens is 1. The number of hydrogen-bond acceptors (Lipinski definition) is 3. The molecule has 0 atom stereocenters. The zero-order chi connectivity index (χ0) is 14.6. The van der Waals surface area contributed by atoms with Gasteiger partial charge in [0.2, 0.25) is 10.0 Å². The first-order chi connectivity index (χ1) is 9.49. The molecular formula is C13H12BrClN2O2S. The van der Waals surface area contributed by atoms with E-state index in [1.807, 2.05) is 30.3 Å². The molecule has 0 saturated carbocycles. The Labute approximate surface area is 131 Å². The fourth-order valence-electron chi connectivity index (χ4n) is 1.64. The molecule has 0 spiro atoms. The topological polar surface area (TPSA) is 59.1 Å². The van der Waals surface area contributed by atoms with Crippen LogP contribution in [0.3, 0.4) is 0 Å². The van der Waals surface area contributed by atoms with E-state index in [4.69, 9.17) is 11.6 Å². The second kappa shape index (κ2) is 6.67. The van der Waals surface area contributed by atoms with E-state index in [1.54, 1.807) is 0 Å². The lowest BCUT2D eigenvalue weighted by atomic mass is 10.2. The monoisotopic (exact) mass is 374 g/mol. The molecule has 0 bridgehead atoms. The highest BCUT2D eigenvalue weighted by molar-refractivity contribution is 9.10. The third-order valence-electron chi connectivity index (χ3n) is 2.61. The van der Waals surface area contributed by atoms with Crippen LogP contribution in [0.5, 0.6) is 0 Å². The van der Waals surface area contributed by atoms with Gasteiger partial charge in [-0.15, -0.1) is 0 Å². The summed E-state index contributed by atoms with van der Waals surface area (Å²) in [5.74, 6) is 0. The molecule has 2 rings (SSSR count). The lowest BCUT2D eigenvalue weighted by Gasteiger charge is -2.08. The molecule has 0 radical (unpaired) electrons. The number of nitrogens with one attached hydrogen (secondary N) is 1. The smallest absolute Gasteiger partial charge is 0.242 e. The summed E-state index contributed by atoms with van der Waals surface area (Å²) in [4.78, 5) is 3.78. The second-order valence-corrected chi connectivity index (χ2v) is 7.08. The zero-order valence-electron chi connectivity index (χ0n) is 10.4. The number of halogens is 2. The van der Waals surface area contributed by atoms with Crippen LogP contribution in [0.1, 0.15) is 5.56 Å². The number of sulfonamides is 1. The molecule has 0 aliphatic heterocycles. The van der Waals surface area contributed by atoms with Crippen LogP contribution in [0, 0.1) is 0 Å². The van der Waals surface area contributed by atoms with E-state index in [2.05, 4.69) is 25.6 Å². The zero-order valence-corrected chi connectivity index (χ0v) is 13.5. The molecule has 0 aliphatic rings. The summed E-state index contributed by atoms with van der Waals surface area (Å²) in [7, 11) is -3.66. The van der Waals surface area contributed by atoms with Crippen LogP contribution in [0.2, 0.25) is 5.15 Å². The van der Waals surface area contributed by atoms with Crippen molar-refractivity contribution in [2.75, 3.05) is 6.54 Å². The van der Waals surface area contributed by atoms with Crippen molar-refractivity contribution in [1.82, 2.24) is 9.71 Å². The average molecular weight is 376 g/mol. The molecule has 0 amide bonds. The van der Waals surface area contributed by atoms with Gasteiger partial charge in [0.25, 0.3) is 0 Å². The van der Waals surface area contributed by atoms with Gasteiger partial charge in [-0.2, -0.15) is 0 Å². The molecule has 0 unspecified atom stereocenters. The molecule has 0 fully saturated rings. The van der Waals surface area contributed by atoms with Crippen LogP contribution >= 0.6 is 27.5 Å². The normalized spacial score (nSPS) is 11.5. The molecule has 7 heteroatoms. The summed E-state index contributed by atoms with van der Waals surface area (Å²) in [5.41, 5.74) is 1.06. The Kier molecular flexibility index (Phi) is 5.15. The second-order valence-electron chi connectivity index (χ2n) is 4.08. The maximum absolute atomic E-state index is 12.1. The van der Waals surface area contributed by atoms with Crippen molar-refractivity contribution in [3.63, 3.8) is 0 Å². The third kappa shape index (κ3) is 4.02. The van der Waals surface area contributed by atoms with E-state index in [1.165, 1.54) is 12.3 Å². The van der Waals surface area contributed by atoms with Crippen LogP contribution < -0.4 is 4.72 Å². The average Bonchev–Trinajstić information content (AvgIpc) is 2.42. The minimum Gasteiger partial charge on any atom is -0.242 e. The standard InChI is InChI=1S/C13H12BrClN2O2S/c14-11-8-12(13(15)16-9-11)20(18,19)17-7-6-10-4-2-1-3-5-10/h1-5,8-9,17H,6-7H2. The first-order valence-electron chi connectivity index (χ1n) is 5.84. The van der Waals surface area contributed by atoms with Gasteiger partial charge in [0.05, 0.1) is 0 Å². The number of pyridine rings is 1. The summed E-state index contributed by atoms with van der Waals surface area (Å²) in [6.45, 7) is 0.301. The summed E-state index contributed by atoms with van der Waals surface area (Å²) >= 11 is 9.01. The highest BCUT2D eigenvalue weighted by Crippen LogP contribution is 2.22. The third-order valence-corrected chi connectivity index (χ3v) is 4.93. The SMILES string of the molecule is O=S(=O)(NCCc1ccccc1)c1cc(Br)cnc1Cl. The molecule has 1 heterocycles. The van der Waals surface area contributed by atoms with Crippen molar-refractivity contribution in [1.29, 1.82) is 0 Å². The molecule has 20 heavy (non-hydrogen) atoms. The van der Waals surface area contributed by atoms with Crippen molar-refractivity contribution in [2.45, 2.75) is 11.3 Å². The van der Waals surface area contributed by atoms with Crippen molar-refractivity contribution < 1.29 is 8.42 Å². The number of hydrogen-bond donors (Lipinski definition) is 1. The van der Waals surface area contributed by atoms with Gasteiger partial charge in [0.1, 0.15) is 10.0 Å². The molecular weight excluding hydrogens is 364 g/mol. The van der Waals surface area contributed by atoms with Gasteiger partial charge in [-0.3, -0.25) is 0 Å². The van der Waals surface area contributed by atoms with Gasteiger partial charge < -0.3 is 0 Å². The van der Waals surface area contributed by atoms with Crippen molar-refractivity contribution >= 4 is 37.6 Å². The molecule has 0 saturated heterocycles. The van der Waals surface area contributed by atoms with E-state index in [0.717, 1.165) is 5.56 Å². The van der Waals surface area contributed by atoms with Crippen molar-refractivity contribution in [3.05, 3.63) is 57.8 Å². The van der Waals surface area contributed by atoms with Crippen LogP contribution in [0.15, 0.2) is 52.0 Å². The predicted molar refractivity (Wildman–Crippen MR) is 82.3 cm³/mol. The van der Waals surface area contributed by atoms with Crippen LogP contribution in [-0.4, -0.2) is 19.9 Å². The van der Waals surface area contributed by atoms with Crippen molar-refractivity contribution in [3.8, 4) is 0 Å². The molecule has 1 aromatic heterocycles. The Bertz CT molecular complexity index is 693. The Hall–Kier alpha value is -0.950. The van der Waals surface area contributed by atoms with Crippen LogP contribution in [-0.2, 0) is 16.4 Å². The largest absolute Gasteiger partial charge is 0.243 e. The Balaban J connectivity index is 2.06. The lowest BCUT2D eigenvalue weighted by Crippen LogP contribution is -2.26. The molecule has 2 aromatic rings. The summed E-state index contributed by atoms with van der Waals surface area (Å²) < 4.78 is 27.4. The first kappa shape index (κ1) is 15.4. The minimum absolute atomic E-state index is 0.0263. The summed E-state index contributed by atoms with van der Waals surface area (Å²) in [6.07, 6.45) is 2.06. The van der Waals surface area contributed by atoms with Gasteiger partial charge >= 0.3 is 0 Å². The predicted octanol–water partition coefficient (Wildman–Crippen LogP) is 3.02. The maximum atomic E-state index is 12.1. The lowest BCUT2D eigenvalue weighted by molar-refractivity contribution is 0.581. The number of benzene rings is 1. The fraction of sp³-hybridized carbons (Fsp3) is 0.154. The molecule has 0 aliphatic carbocycles. The minimum atomic E-state index is -3.66. The van der Waals surface area contributed by atoms with Gasteiger partial charge in [0, 0.05) is 17.2 Å². The highest BCUT2D eigenvalue weighted by atomic mass is 79.9. The van der Waals surface area contributed by atoms with E-state index in [-0.39, 0.29) is 10.0 Å². The Morgan fingerprint density at radius 1 is 1.25 bits per heavy atom. The highest BCUT2D eigenvalue weighted by Gasteiger charge is 2.18. The van der Waals surface area contributed by atoms with Gasteiger partial charge in [0.15, 0.2) is 0 Å². The molecule has 1 aromatic carbocycles. The summed E-state index contributed by atoms with van der Waals surface area (Å²) in [6, 6.07) is 11.1. The van der Waals surface area contributed by atoms with Gasteiger partial charge in [-0.1, -0.05) is 41.9 Å². The van der Waals surface area contributed by atoms with E-state index in [9.17, 15) is 8.42 Å².